The van der Waals surface area contributed by atoms with Crippen LogP contribution in [-0.2, 0) is 0 Å². The molecule has 0 bridgehead atoms. The minimum absolute atomic E-state index is 0.264. The molecule has 0 spiro atoms. The van der Waals surface area contributed by atoms with Gasteiger partial charge in [0.1, 0.15) is 17.2 Å². The van der Waals surface area contributed by atoms with Crippen molar-refractivity contribution in [3.63, 3.8) is 0 Å². The summed E-state index contributed by atoms with van der Waals surface area (Å²) in [6, 6.07) is 10.5. The number of nitrogens with zero attached hydrogens (tertiary/aromatic N) is 2. The summed E-state index contributed by atoms with van der Waals surface area (Å²) in [7, 11) is 0. The molecule has 0 radical (unpaired) electrons. The van der Waals surface area contributed by atoms with Gasteiger partial charge in [-0.05, 0) is 72.5 Å². The molecule has 4 heterocycles. The standard InChI is InChI=1S/C26H24FN5/c1-16(18-8-11-28-12-9-18)6-7-23-17(2)25(32-31-23)24-15-22-21(10-13-29-26(22)30-24)19-4-3-5-20(27)14-19/h3-8,10,13-15,28,31H,2,9,11-12H2,1H3,(H,29,30)/b16-6+,23-7+. The molecule has 1 aliphatic heterocycles. The van der Waals surface area contributed by atoms with Gasteiger partial charge >= 0.3 is 0 Å². The van der Waals surface area contributed by atoms with Crippen molar-refractivity contribution in [2.24, 2.45) is 0 Å². The average molecular weight is 426 g/mol. The number of hydrogen-bond donors (Lipinski definition) is 3. The first kappa shape index (κ1) is 20.2. The van der Waals surface area contributed by atoms with E-state index in [0.29, 0.717) is 0 Å². The van der Waals surface area contributed by atoms with Crippen LogP contribution in [0.3, 0.4) is 0 Å². The van der Waals surface area contributed by atoms with E-state index in [2.05, 4.69) is 51.1 Å². The van der Waals surface area contributed by atoms with Gasteiger partial charge in [-0.2, -0.15) is 5.10 Å². The van der Waals surface area contributed by atoms with Gasteiger partial charge in [0.15, 0.2) is 0 Å². The number of H-pyrrole nitrogens is 2. The Morgan fingerprint density at radius 1 is 1.22 bits per heavy atom. The molecule has 0 aliphatic carbocycles. The summed E-state index contributed by atoms with van der Waals surface area (Å²) in [5.41, 5.74) is 6.63. The Labute approximate surface area is 185 Å². The maximum atomic E-state index is 13.8. The highest BCUT2D eigenvalue weighted by atomic mass is 19.1. The molecule has 5 rings (SSSR count). The summed E-state index contributed by atoms with van der Waals surface area (Å²) in [4.78, 5) is 7.78. The lowest BCUT2D eigenvalue weighted by molar-refractivity contribution is 0.628. The van der Waals surface area contributed by atoms with Crippen molar-refractivity contribution >= 4 is 23.7 Å². The van der Waals surface area contributed by atoms with Crippen LogP contribution in [0.4, 0.5) is 4.39 Å². The third-order valence-corrected chi connectivity index (χ3v) is 5.89. The van der Waals surface area contributed by atoms with E-state index in [1.54, 1.807) is 12.3 Å². The van der Waals surface area contributed by atoms with Crippen molar-refractivity contribution in [1.29, 1.82) is 0 Å². The minimum Gasteiger partial charge on any atom is -0.338 e. The highest BCUT2D eigenvalue weighted by Gasteiger charge is 2.12. The van der Waals surface area contributed by atoms with Gasteiger partial charge in [0, 0.05) is 23.3 Å². The molecule has 0 atom stereocenters. The molecule has 0 unspecified atom stereocenters. The Morgan fingerprint density at radius 2 is 2.12 bits per heavy atom. The van der Waals surface area contributed by atoms with E-state index in [-0.39, 0.29) is 5.82 Å². The molecular formula is C26H24FN5. The summed E-state index contributed by atoms with van der Waals surface area (Å²) >= 11 is 0. The zero-order valence-electron chi connectivity index (χ0n) is 17.9. The van der Waals surface area contributed by atoms with E-state index in [0.717, 1.165) is 63.6 Å². The molecule has 1 aliphatic rings. The lowest BCUT2D eigenvalue weighted by Gasteiger charge is -2.13. The molecule has 1 aromatic carbocycles. The first-order valence-corrected chi connectivity index (χ1v) is 10.7. The summed E-state index contributed by atoms with van der Waals surface area (Å²) in [5.74, 6) is -0.264. The van der Waals surface area contributed by atoms with Crippen LogP contribution in [0, 0.1) is 5.82 Å². The number of nitrogens with one attached hydrogen (secondary N) is 3. The van der Waals surface area contributed by atoms with Crippen molar-refractivity contribution in [2.75, 3.05) is 13.1 Å². The lowest BCUT2D eigenvalue weighted by atomic mass is 10.0. The first-order chi connectivity index (χ1) is 15.6. The number of fused-ring (bicyclic) bond motifs is 1. The highest BCUT2D eigenvalue weighted by molar-refractivity contribution is 5.95. The maximum Gasteiger partial charge on any atom is 0.138 e. The molecule has 3 aromatic heterocycles. The van der Waals surface area contributed by atoms with E-state index in [1.165, 1.54) is 23.3 Å². The quantitative estimate of drug-likeness (QED) is 0.466. The summed E-state index contributed by atoms with van der Waals surface area (Å²) in [6.45, 7) is 8.30. The summed E-state index contributed by atoms with van der Waals surface area (Å²) in [5, 5.41) is 13.5. The summed E-state index contributed by atoms with van der Waals surface area (Å²) in [6.07, 6.45) is 9.13. The number of hydrogen-bond acceptors (Lipinski definition) is 3. The largest absolute Gasteiger partial charge is 0.338 e. The van der Waals surface area contributed by atoms with Crippen LogP contribution in [0.25, 0.3) is 46.2 Å². The molecule has 4 aromatic rings. The number of allylic oxidation sites excluding steroid dienone is 2. The van der Waals surface area contributed by atoms with Gasteiger partial charge in [0.25, 0.3) is 0 Å². The van der Waals surface area contributed by atoms with Crippen LogP contribution < -0.4 is 15.9 Å². The molecule has 0 amide bonds. The van der Waals surface area contributed by atoms with Crippen molar-refractivity contribution in [3.8, 4) is 22.5 Å². The number of aromatic amines is 2. The zero-order valence-corrected chi connectivity index (χ0v) is 17.9. The second kappa shape index (κ2) is 8.40. The number of aromatic nitrogens is 4. The van der Waals surface area contributed by atoms with Crippen LogP contribution in [0.15, 0.2) is 65.9 Å². The number of pyridine rings is 1. The fourth-order valence-corrected chi connectivity index (χ4v) is 4.10. The third kappa shape index (κ3) is 3.81. The van der Waals surface area contributed by atoms with E-state index in [9.17, 15) is 4.39 Å². The van der Waals surface area contributed by atoms with Crippen LogP contribution in [0.1, 0.15) is 13.3 Å². The average Bonchev–Trinajstić information content (AvgIpc) is 3.41. The Balaban J connectivity index is 1.53. The van der Waals surface area contributed by atoms with Crippen LogP contribution >= 0.6 is 0 Å². The van der Waals surface area contributed by atoms with Crippen LogP contribution in [0.5, 0.6) is 0 Å². The van der Waals surface area contributed by atoms with E-state index < -0.39 is 0 Å². The van der Waals surface area contributed by atoms with Gasteiger partial charge < -0.3 is 10.3 Å². The second-order valence-corrected chi connectivity index (χ2v) is 7.98. The van der Waals surface area contributed by atoms with E-state index in [4.69, 9.17) is 0 Å². The monoisotopic (exact) mass is 425 g/mol. The predicted molar refractivity (Wildman–Crippen MR) is 128 cm³/mol. The fraction of sp³-hybridized carbons (Fsp3) is 0.154. The van der Waals surface area contributed by atoms with Crippen molar-refractivity contribution in [2.45, 2.75) is 13.3 Å². The van der Waals surface area contributed by atoms with Gasteiger partial charge in [0.2, 0.25) is 0 Å². The Bertz CT molecular complexity index is 1470. The Morgan fingerprint density at radius 3 is 2.94 bits per heavy atom. The summed E-state index contributed by atoms with van der Waals surface area (Å²) < 4.78 is 13.8. The highest BCUT2D eigenvalue weighted by Crippen LogP contribution is 2.30. The molecule has 5 nitrogen and oxygen atoms in total. The molecule has 0 saturated heterocycles. The molecule has 0 saturated carbocycles. The predicted octanol–water partition coefficient (Wildman–Crippen LogP) is 3.82. The normalized spacial score (nSPS) is 15.4. The van der Waals surface area contributed by atoms with Gasteiger partial charge in [-0.3, -0.25) is 5.10 Å². The maximum absolute atomic E-state index is 13.8. The van der Waals surface area contributed by atoms with E-state index >= 15 is 0 Å². The fourth-order valence-electron chi connectivity index (χ4n) is 4.10. The van der Waals surface area contributed by atoms with Crippen molar-refractivity contribution in [1.82, 2.24) is 25.5 Å². The second-order valence-electron chi connectivity index (χ2n) is 7.98. The smallest absolute Gasteiger partial charge is 0.138 e. The van der Waals surface area contributed by atoms with E-state index in [1.807, 2.05) is 24.3 Å². The lowest BCUT2D eigenvalue weighted by Crippen LogP contribution is -2.22. The Hall–Kier alpha value is -3.77. The van der Waals surface area contributed by atoms with Gasteiger partial charge in [-0.25, -0.2) is 9.37 Å². The number of rotatable bonds is 4. The SMILES string of the molecule is C=c1c(-c2cc3c(-c4cccc(F)c4)ccnc3[nH]2)n[nH]/c1=C/C=C(\C)C1=CCNCC1. The molecule has 0 fully saturated rings. The molecule has 32 heavy (non-hydrogen) atoms. The van der Waals surface area contributed by atoms with Gasteiger partial charge in [0.05, 0.1) is 11.0 Å². The third-order valence-electron chi connectivity index (χ3n) is 5.89. The minimum atomic E-state index is -0.264. The first-order valence-electron chi connectivity index (χ1n) is 10.7. The topological polar surface area (TPSA) is 69.4 Å². The molecular weight excluding hydrogens is 401 g/mol. The Kier molecular flexibility index (Phi) is 5.29. The van der Waals surface area contributed by atoms with Crippen LogP contribution in [0.2, 0.25) is 0 Å². The van der Waals surface area contributed by atoms with Crippen molar-refractivity contribution in [3.05, 3.63) is 82.3 Å². The number of halogens is 1. The zero-order chi connectivity index (χ0) is 22.1. The van der Waals surface area contributed by atoms with Gasteiger partial charge in [-0.1, -0.05) is 30.9 Å². The van der Waals surface area contributed by atoms with Crippen LogP contribution in [-0.4, -0.2) is 33.3 Å². The molecule has 160 valence electrons. The number of benzene rings is 1. The van der Waals surface area contributed by atoms with Crippen molar-refractivity contribution < 1.29 is 4.39 Å². The molecule has 3 N–H and O–H groups in total. The van der Waals surface area contributed by atoms with Gasteiger partial charge in [-0.15, -0.1) is 0 Å². The molecule has 6 heteroatoms.